The fourth-order valence-electron chi connectivity index (χ4n) is 3.80. The quantitative estimate of drug-likeness (QED) is 0.113. The second kappa shape index (κ2) is 17.5. The fraction of sp³-hybridized carbons (Fsp3) is 0.810. The van der Waals surface area contributed by atoms with E-state index in [2.05, 4.69) is 16.2 Å². The van der Waals surface area contributed by atoms with E-state index < -0.39 is 46.4 Å². The van der Waals surface area contributed by atoms with Gasteiger partial charge in [0.2, 0.25) is 0 Å². The normalized spacial score (nSPS) is 22.8. The second-order valence-electron chi connectivity index (χ2n) is 8.80. The summed E-state index contributed by atoms with van der Waals surface area (Å²) in [5, 5.41) is 10.2. The molecule has 0 amide bonds. The zero-order chi connectivity index (χ0) is 26.6. The van der Waals surface area contributed by atoms with Crippen LogP contribution in [0.3, 0.4) is 0 Å². The van der Waals surface area contributed by atoms with Gasteiger partial charge in [0.15, 0.2) is 0 Å². The van der Waals surface area contributed by atoms with Crippen molar-refractivity contribution in [2.75, 3.05) is 18.9 Å². The van der Waals surface area contributed by atoms with Crippen LogP contribution in [0, 0.1) is 0 Å². The molecule has 5 atom stereocenters. The molecule has 5 N–H and O–H groups in total. The molecule has 2 rings (SSSR count). The second-order valence-corrected chi connectivity index (χ2v) is 11.8. The number of nitrogens with two attached hydrogens (primary N) is 1. The van der Waals surface area contributed by atoms with Crippen LogP contribution in [0.25, 0.3) is 0 Å². The maximum Gasteiger partial charge on any atom is 0.481 e. The molecule has 0 saturated carbocycles. The standard InChI is InChI=1S/C21H39N3O10P2.Na/c1-2-3-4-5-6-7-8-9-10-11-14-31-35(27,28)34-36(29,30)32-16-18-17(25)15-20(33-18)24-13-12-19(22)23-21(24)26;/h12-13,17-18,20,25H,2-11,14-16H2,1H3,(H,27,28)(H,29,30)(H2,22,23,26);. The molecule has 209 valence electrons. The van der Waals surface area contributed by atoms with Crippen LogP contribution in [-0.4, -0.2) is 79.4 Å². The number of hydrogen-bond donors (Lipinski definition) is 4. The Labute approximate surface area is 239 Å². The van der Waals surface area contributed by atoms with Gasteiger partial charge < -0.3 is 25.4 Å². The van der Waals surface area contributed by atoms with Crippen molar-refractivity contribution in [1.82, 2.24) is 9.55 Å². The van der Waals surface area contributed by atoms with Gasteiger partial charge in [-0.3, -0.25) is 13.6 Å². The van der Waals surface area contributed by atoms with E-state index in [1.807, 2.05) is 0 Å². The fourth-order valence-corrected chi connectivity index (χ4v) is 5.91. The zero-order valence-corrected chi connectivity index (χ0v) is 25.4. The SMILES string of the molecule is CCCCCCCCCCCCOP(=O)(O)OP(=O)(O)OCC1OC(n2ccc(N)nc2=O)CC1O.[Na]. The number of anilines is 1. The van der Waals surface area contributed by atoms with Crippen LogP contribution < -0.4 is 11.4 Å². The largest absolute Gasteiger partial charge is 0.481 e. The van der Waals surface area contributed by atoms with Crippen molar-refractivity contribution in [3.63, 3.8) is 0 Å². The number of aromatic nitrogens is 2. The molecule has 0 spiro atoms. The summed E-state index contributed by atoms with van der Waals surface area (Å²) in [6.45, 7) is 1.44. The molecule has 0 bridgehead atoms. The molecule has 37 heavy (non-hydrogen) atoms. The first kappa shape index (κ1) is 34.9. The number of unbranched alkanes of at least 4 members (excludes halogenated alkanes) is 9. The van der Waals surface area contributed by atoms with Crippen molar-refractivity contribution in [1.29, 1.82) is 0 Å². The Morgan fingerprint density at radius 2 is 1.62 bits per heavy atom. The van der Waals surface area contributed by atoms with Gasteiger partial charge in [0.05, 0.1) is 19.3 Å². The van der Waals surface area contributed by atoms with Crippen LogP contribution in [0.5, 0.6) is 0 Å². The van der Waals surface area contributed by atoms with E-state index in [1.165, 1.54) is 44.4 Å². The van der Waals surface area contributed by atoms with E-state index in [-0.39, 0.29) is 48.4 Å². The summed E-state index contributed by atoms with van der Waals surface area (Å²) in [6, 6.07) is 1.38. The van der Waals surface area contributed by atoms with Crippen molar-refractivity contribution in [2.24, 2.45) is 0 Å². The third kappa shape index (κ3) is 13.7. The number of phosphoric ester groups is 2. The van der Waals surface area contributed by atoms with Crippen LogP contribution in [-0.2, 0) is 27.2 Å². The molecule has 1 saturated heterocycles. The molecular weight excluding hydrogens is 539 g/mol. The van der Waals surface area contributed by atoms with Gasteiger partial charge in [-0.15, -0.1) is 0 Å². The Balaban J connectivity index is 0.00000684. The molecule has 0 aliphatic carbocycles. The molecule has 1 aliphatic heterocycles. The first-order chi connectivity index (χ1) is 17.0. The Morgan fingerprint density at radius 3 is 2.22 bits per heavy atom. The van der Waals surface area contributed by atoms with E-state index >= 15 is 0 Å². The minimum Gasteiger partial charge on any atom is -0.390 e. The number of rotatable bonds is 18. The third-order valence-electron chi connectivity index (χ3n) is 5.73. The number of aliphatic hydroxyl groups excluding tert-OH is 1. The van der Waals surface area contributed by atoms with Crippen molar-refractivity contribution in [2.45, 2.75) is 96.0 Å². The molecule has 0 aromatic carbocycles. The Kier molecular flexibility index (Phi) is 16.5. The number of aliphatic hydroxyl groups is 1. The zero-order valence-electron chi connectivity index (χ0n) is 21.6. The summed E-state index contributed by atoms with van der Waals surface area (Å²) in [5.74, 6) is 0.0249. The molecule has 1 aromatic heterocycles. The van der Waals surface area contributed by atoms with Crippen LogP contribution in [0.4, 0.5) is 5.82 Å². The average molecular weight is 578 g/mol. The number of nitrogen functional groups attached to an aromatic ring is 1. The van der Waals surface area contributed by atoms with Gasteiger partial charge in [-0.1, -0.05) is 64.7 Å². The van der Waals surface area contributed by atoms with Crippen molar-refractivity contribution in [3.8, 4) is 0 Å². The maximum atomic E-state index is 12.1. The summed E-state index contributed by atoms with van der Waals surface area (Å²) in [5.41, 5.74) is 4.76. The van der Waals surface area contributed by atoms with Crippen LogP contribution >= 0.6 is 15.6 Å². The van der Waals surface area contributed by atoms with E-state index in [0.29, 0.717) is 6.42 Å². The predicted octanol–water partition coefficient (Wildman–Crippen LogP) is 3.26. The first-order valence-electron chi connectivity index (χ1n) is 12.4. The molecule has 5 unspecified atom stereocenters. The number of hydrogen-bond acceptors (Lipinski definition) is 10. The molecule has 1 radical (unpaired) electrons. The molecule has 1 aliphatic rings. The van der Waals surface area contributed by atoms with Gasteiger partial charge >= 0.3 is 21.3 Å². The van der Waals surface area contributed by atoms with Crippen molar-refractivity contribution < 1.29 is 42.1 Å². The summed E-state index contributed by atoms with van der Waals surface area (Å²) >= 11 is 0. The van der Waals surface area contributed by atoms with Gasteiger partial charge in [0, 0.05) is 42.2 Å². The first-order valence-corrected chi connectivity index (χ1v) is 15.4. The average Bonchev–Trinajstić information content (AvgIpc) is 3.15. The van der Waals surface area contributed by atoms with Crippen LogP contribution in [0.1, 0.15) is 83.8 Å². The molecular formula is C21H39N3NaO10P2. The number of ether oxygens (including phenoxy) is 1. The summed E-state index contributed by atoms with van der Waals surface area (Å²) in [7, 11) is -9.86. The Hall–Kier alpha value is -0.140. The van der Waals surface area contributed by atoms with Crippen molar-refractivity contribution in [3.05, 3.63) is 22.7 Å². The minimum absolute atomic E-state index is 0. The van der Waals surface area contributed by atoms with E-state index in [9.17, 15) is 28.8 Å². The minimum atomic E-state index is -5.01. The van der Waals surface area contributed by atoms with Gasteiger partial charge in [0.25, 0.3) is 0 Å². The van der Waals surface area contributed by atoms with E-state index in [1.54, 1.807) is 0 Å². The third-order valence-corrected chi connectivity index (χ3v) is 8.36. The maximum absolute atomic E-state index is 12.1. The van der Waals surface area contributed by atoms with Crippen LogP contribution in [0.2, 0.25) is 0 Å². The summed E-state index contributed by atoms with van der Waals surface area (Å²) < 4.78 is 44.6. The van der Waals surface area contributed by atoms with Crippen LogP contribution in [0.15, 0.2) is 17.1 Å². The summed E-state index contributed by atoms with van der Waals surface area (Å²) in [4.78, 5) is 35.1. The predicted molar refractivity (Wildman–Crippen MR) is 138 cm³/mol. The van der Waals surface area contributed by atoms with Gasteiger partial charge in [-0.2, -0.15) is 9.29 Å². The van der Waals surface area contributed by atoms with Gasteiger partial charge in [-0.25, -0.2) is 13.9 Å². The van der Waals surface area contributed by atoms with Crippen molar-refractivity contribution >= 4 is 51.0 Å². The monoisotopic (exact) mass is 578 g/mol. The number of nitrogens with zero attached hydrogens (tertiary/aromatic N) is 2. The molecule has 16 heteroatoms. The molecule has 13 nitrogen and oxygen atoms in total. The Morgan fingerprint density at radius 1 is 1.05 bits per heavy atom. The summed E-state index contributed by atoms with van der Waals surface area (Å²) in [6.07, 6.45) is 8.92. The topological polar surface area (TPSA) is 193 Å². The number of phosphoric acid groups is 2. The van der Waals surface area contributed by atoms with Gasteiger partial charge in [-0.05, 0) is 12.5 Å². The van der Waals surface area contributed by atoms with Gasteiger partial charge in [0.1, 0.15) is 18.1 Å². The smallest absolute Gasteiger partial charge is 0.390 e. The van der Waals surface area contributed by atoms with E-state index in [4.69, 9.17) is 19.5 Å². The molecule has 1 aromatic rings. The van der Waals surface area contributed by atoms with E-state index in [0.717, 1.165) is 30.3 Å². The molecule has 1 fully saturated rings. The molecule has 2 heterocycles. The Bertz CT molecular complexity index is 953.